The van der Waals surface area contributed by atoms with Gasteiger partial charge >= 0.3 is 12.1 Å². The molecule has 0 bridgehead atoms. The second-order valence-corrected chi connectivity index (χ2v) is 11.4. The van der Waals surface area contributed by atoms with Crippen molar-refractivity contribution in [3.63, 3.8) is 0 Å². The van der Waals surface area contributed by atoms with Gasteiger partial charge in [0.2, 0.25) is 17.7 Å². The summed E-state index contributed by atoms with van der Waals surface area (Å²) in [6, 6.07) is -2.74. The number of hydrogen-bond acceptors (Lipinski definition) is 5. The van der Waals surface area contributed by atoms with Gasteiger partial charge in [0.05, 0.1) is 6.07 Å². The molecule has 0 aromatic heterocycles. The number of carbonyl (C=O) groups excluding carboxylic acids is 4. The molecule has 1 heterocycles. The molecule has 37 heavy (non-hydrogen) atoms. The molecule has 4 amide bonds. The lowest BCUT2D eigenvalue weighted by Gasteiger charge is -2.32. The first-order chi connectivity index (χ1) is 16.7. The van der Waals surface area contributed by atoms with E-state index in [-0.39, 0.29) is 12.3 Å². The molecule has 2 aliphatic rings. The number of rotatable bonds is 9. The number of alkyl halides is 5. The number of nitriles is 1. The van der Waals surface area contributed by atoms with Gasteiger partial charge in [-0.15, -0.1) is 0 Å². The van der Waals surface area contributed by atoms with Gasteiger partial charge in [0.15, 0.2) is 0 Å². The summed E-state index contributed by atoms with van der Waals surface area (Å²) in [6.07, 6.45) is -6.04. The van der Waals surface area contributed by atoms with Crippen LogP contribution in [-0.2, 0) is 19.2 Å². The predicted molar refractivity (Wildman–Crippen MR) is 120 cm³/mol. The molecule has 9 nitrogen and oxygen atoms in total. The van der Waals surface area contributed by atoms with Crippen molar-refractivity contribution < 1.29 is 41.1 Å². The first-order valence-electron chi connectivity index (χ1n) is 11.7. The minimum Gasteiger partial charge on any atom is -0.351 e. The highest BCUT2D eigenvalue weighted by Gasteiger charge is 2.58. The van der Waals surface area contributed by atoms with Crippen LogP contribution in [-0.4, -0.2) is 59.4 Å². The molecule has 14 heteroatoms. The molecule has 4 N–H and O–H groups in total. The Balaban J connectivity index is 2.18. The summed E-state index contributed by atoms with van der Waals surface area (Å²) in [5.41, 5.74) is -1.75. The van der Waals surface area contributed by atoms with Crippen LogP contribution in [0.3, 0.4) is 0 Å². The predicted octanol–water partition coefficient (Wildman–Crippen LogP) is 1.92. The molecule has 1 saturated heterocycles. The van der Waals surface area contributed by atoms with Crippen molar-refractivity contribution >= 4 is 23.6 Å². The first kappa shape index (κ1) is 30.2. The standard InChI is InChI=1S/C23H32F5N5O4/c1-20(2,3)15(32-19(37)23(26,27)28)18(36)31-14(7-12-9-22(12,24)25)17(35)30-13(10-29)6-11-8-21(4,5)33-16(11)34/h11-15H,6-9H2,1-5H3,(H,30,35)(H,31,36)(H,32,37)(H,33,34). The van der Waals surface area contributed by atoms with Crippen LogP contribution in [0.25, 0.3) is 0 Å². The molecule has 0 aromatic rings. The molecule has 1 aliphatic carbocycles. The highest BCUT2D eigenvalue weighted by Crippen LogP contribution is 2.51. The number of nitrogens with zero attached hydrogens (tertiary/aromatic N) is 1. The molecule has 2 rings (SSSR count). The van der Waals surface area contributed by atoms with Crippen LogP contribution in [0.2, 0.25) is 0 Å². The fourth-order valence-electron chi connectivity index (χ4n) is 4.27. The van der Waals surface area contributed by atoms with Gasteiger partial charge in [0, 0.05) is 23.8 Å². The lowest BCUT2D eigenvalue weighted by molar-refractivity contribution is -0.175. The van der Waals surface area contributed by atoms with Gasteiger partial charge in [-0.3, -0.25) is 19.2 Å². The quantitative estimate of drug-likeness (QED) is 0.333. The molecular formula is C23H32F5N5O4. The van der Waals surface area contributed by atoms with Gasteiger partial charge in [0.1, 0.15) is 18.1 Å². The van der Waals surface area contributed by atoms with Gasteiger partial charge < -0.3 is 21.3 Å². The van der Waals surface area contributed by atoms with Crippen molar-refractivity contribution in [3.05, 3.63) is 0 Å². The van der Waals surface area contributed by atoms with E-state index in [9.17, 15) is 46.4 Å². The average Bonchev–Trinajstić information content (AvgIpc) is 3.22. The van der Waals surface area contributed by atoms with Crippen LogP contribution in [0.1, 0.15) is 60.3 Å². The third-order valence-electron chi connectivity index (χ3n) is 6.35. The van der Waals surface area contributed by atoms with E-state index in [0.29, 0.717) is 6.42 Å². The lowest BCUT2D eigenvalue weighted by atomic mass is 9.85. The largest absolute Gasteiger partial charge is 0.471 e. The highest BCUT2D eigenvalue weighted by molar-refractivity contribution is 5.93. The van der Waals surface area contributed by atoms with Crippen LogP contribution < -0.4 is 21.3 Å². The zero-order chi connectivity index (χ0) is 28.6. The molecule has 2 fully saturated rings. The number of halogens is 5. The minimum atomic E-state index is -5.28. The van der Waals surface area contributed by atoms with Crippen molar-refractivity contribution in [2.24, 2.45) is 17.3 Å². The number of carbonyl (C=O) groups is 4. The number of nitrogens with one attached hydrogen (secondary N) is 4. The molecule has 0 spiro atoms. The summed E-state index contributed by atoms with van der Waals surface area (Å²) < 4.78 is 65.6. The van der Waals surface area contributed by atoms with Crippen molar-refractivity contribution in [1.82, 2.24) is 21.3 Å². The maximum absolute atomic E-state index is 13.6. The van der Waals surface area contributed by atoms with E-state index in [1.807, 2.05) is 6.07 Å². The Morgan fingerprint density at radius 2 is 1.62 bits per heavy atom. The summed E-state index contributed by atoms with van der Waals surface area (Å²) in [7, 11) is 0. The van der Waals surface area contributed by atoms with E-state index in [2.05, 4.69) is 16.0 Å². The second kappa shape index (κ2) is 10.4. The van der Waals surface area contributed by atoms with Gasteiger partial charge in [-0.2, -0.15) is 18.4 Å². The van der Waals surface area contributed by atoms with Crippen LogP contribution in [0, 0.1) is 28.6 Å². The van der Waals surface area contributed by atoms with Crippen LogP contribution in [0.5, 0.6) is 0 Å². The first-order valence-corrected chi connectivity index (χ1v) is 11.7. The fraction of sp³-hybridized carbons (Fsp3) is 0.783. The van der Waals surface area contributed by atoms with Gasteiger partial charge in [-0.25, -0.2) is 8.78 Å². The van der Waals surface area contributed by atoms with Crippen LogP contribution >= 0.6 is 0 Å². The Kier molecular flexibility index (Phi) is 8.51. The Morgan fingerprint density at radius 3 is 2.03 bits per heavy atom. The monoisotopic (exact) mass is 537 g/mol. The third kappa shape index (κ3) is 8.26. The van der Waals surface area contributed by atoms with Gasteiger partial charge in [-0.05, 0) is 38.5 Å². The Labute approximate surface area is 211 Å². The van der Waals surface area contributed by atoms with E-state index >= 15 is 0 Å². The molecule has 5 atom stereocenters. The van der Waals surface area contributed by atoms with Crippen molar-refractivity contribution in [3.8, 4) is 6.07 Å². The molecule has 0 aromatic carbocycles. The summed E-state index contributed by atoms with van der Waals surface area (Å²) in [5.74, 6) is -9.80. The molecule has 0 radical (unpaired) electrons. The molecule has 208 valence electrons. The van der Waals surface area contributed by atoms with E-state index < -0.39 is 83.6 Å². The summed E-state index contributed by atoms with van der Waals surface area (Å²) >= 11 is 0. The maximum Gasteiger partial charge on any atom is 0.471 e. The van der Waals surface area contributed by atoms with E-state index in [4.69, 9.17) is 0 Å². The van der Waals surface area contributed by atoms with Crippen molar-refractivity contribution in [1.29, 1.82) is 5.26 Å². The van der Waals surface area contributed by atoms with E-state index in [0.717, 1.165) is 0 Å². The third-order valence-corrected chi connectivity index (χ3v) is 6.35. The number of amides is 4. The number of hydrogen-bond donors (Lipinski definition) is 4. The van der Waals surface area contributed by atoms with Crippen molar-refractivity contribution in [2.45, 2.75) is 96.1 Å². The average molecular weight is 538 g/mol. The Morgan fingerprint density at radius 1 is 1.05 bits per heavy atom. The lowest BCUT2D eigenvalue weighted by Crippen LogP contribution is -2.60. The molecule has 1 aliphatic heterocycles. The normalized spacial score (nSPS) is 24.6. The van der Waals surface area contributed by atoms with E-state index in [1.165, 1.54) is 20.8 Å². The Bertz CT molecular complexity index is 970. The zero-order valence-corrected chi connectivity index (χ0v) is 21.2. The minimum absolute atomic E-state index is 0.0655. The SMILES string of the molecule is CC1(C)CC(CC(C#N)NC(=O)C(CC2CC2(F)F)NC(=O)C(NC(=O)C(F)(F)F)C(C)(C)C)C(=O)N1. The summed E-state index contributed by atoms with van der Waals surface area (Å²) in [4.78, 5) is 49.5. The topological polar surface area (TPSA) is 140 Å². The smallest absolute Gasteiger partial charge is 0.351 e. The van der Waals surface area contributed by atoms with Crippen LogP contribution in [0.4, 0.5) is 22.0 Å². The summed E-state index contributed by atoms with van der Waals surface area (Å²) in [6.45, 7) is 7.69. The fourth-order valence-corrected chi connectivity index (χ4v) is 4.27. The molecule has 5 unspecified atom stereocenters. The maximum atomic E-state index is 13.6. The molecule has 1 saturated carbocycles. The van der Waals surface area contributed by atoms with E-state index in [1.54, 1.807) is 19.2 Å². The van der Waals surface area contributed by atoms with Gasteiger partial charge in [-0.1, -0.05) is 20.8 Å². The molecular weight excluding hydrogens is 505 g/mol. The Hall–Kier alpha value is -2.98. The van der Waals surface area contributed by atoms with Gasteiger partial charge in [0.25, 0.3) is 5.92 Å². The van der Waals surface area contributed by atoms with Crippen molar-refractivity contribution in [2.75, 3.05) is 0 Å². The van der Waals surface area contributed by atoms with Crippen LogP contribution in [0.15, 0.2) is 0 Å². The second-order valence-electron chi connectivity index (χ2n) is 11.4. The zero-order valence-electron chi connectivity index (χ0n) is 21.2. The highest BCUT2D eigenvalue weighted by atomic mass is 19.4. The summed E-state index contributed by atoms with van der Waals surface area (Å²) in [5, 5.41) is 18.4.